The van der Waals surface area contributed by atoms with E-state index in [-0.39, 0.29) is 10.8 Å². The number of hydrogen-bond acceptors (Lipinski definition) is 4. The van der Waals surface area contributed by atoms with Gasteiger partial charge in [0.15, 0.2) is 5.58 Å². The molecular formula is C88H72N2O2. The fraction of sp³-hybridized carbons (Fsp3) is 0.159. The Morgan fingerprint density at radius 1 is 0.293 bits per heavy atom. The van der Waals surface area contributed by atoms with E-state index in [4.69, 9.17) is 8.83 Å². The van der Waals surface area contributed by atoms with Gasteiger partial charge in [-0.05, 0) is 190 Å². The third-order valence-electron chi connectivity index (χ3n) is 20.5. The summed E-state index contributed by atoms with van der Waals surface area (Å²) in [6, 6.07) is 94.3. The minimum atomic E-state index is -0.435. The Morgan fingerprint density at radius 3 is 1.14 bits per heavy atom. The van der Waals surface area contributed by atoms with Crippen LogP contribution in [0.5, 0.6) is 0 Å². The molecular weight excluding hydrogens is 1120 g/mol. The minimum absolute atomic E-state index is 0.0144. The van der Waals surface area contributed by atoms with Gasteiger partial charge < -0.3 is 18.6 Å². The zero-order valence-corrected chi connectivity index (χ0v) is 54.0. The molecule has 0 bridgehead atoms. The van der Waals surface area contributed by atoms with Crippen molar-refractivity contribution in [2.24, 2.45) is 0 Å². The first-order valence-electron chi connectivity index (χ1n) is 32.6. The van der Waals surface area contributed by atoms with Gasteiger partial charge in [-0.1, -0.05) is 239 Å². The quantitative estimate of drug-likeness (QED) is 0.152. The van der Waals surface area contributed by atoms with E-state index in [0.29, 0.717) is 0 Å². The minimum Gasteiger partial charge on any atom is -0.455 e. The van der Waals surface area contributed by atoms with Crippen molar-refractivity contribution in [3.8, 4) is 44.5 Å². The molecule has 17 rings (SSSR count). The van der Waals surface area contributed by atoms with Crippen LogP contribution in [0.25, 0.3) is 110 Å². The number of hydrogen-bond donors (Lipinski definition) is 0. The van der Waals surface area contributed by atoms with Crippen LogP contribution >= 0.6 is 0 Å². The summed E-state index contributed by atoms with van der Waals surface area (Å²) in [5.41, 5.74) is 26.5. The predicted octanol–water partition coefficient (Wildman–Crippen LogP) is 25.3. The smallest absolute Gasteiger partial charge is 0.160 e. The van der Waals surface area contributed by atoms with Crippen molar-refractivity contribution >= 4 is 99.5 Å². The van der Waals surface area contributed by atoms with Crippen LogP contribution in [0, 0.1) is 0 Å². The molecule has 0 radical (unpaired) electrons. The summed E-state index contributed by atoms with van der Waals surface area (Å²) in [7, 11) is 0. The molecule has 92 heavy (non-hydrogen) atoms. The van der Waals surface area contributed by atoms with Crippen LogP contribution < -0.4 is 9.80 Å². The number of rotatable bonds is 8. The molecule has 0 N–H and O–H groups in total. The lowest BCUT2D eigenvalue weighted by Crippen LogP contribution is -2.18. The summed E-state index contributed by atoms with van der Waals surface area (Å²) in [5, 5.41) is 9.56. The Bertz CT molecular complexity index is 5510. The molecule has 0 saturated carbocycles. The number of anilines is 6. The summed E-state index contributed by atoms with van der Waals surface area (Å²) in [6.45, 7) is 23.5. The second-order valence-corrected chi connectivity index (χ2v) is 28.8. The van der Waals surface area contributed by atoms with E-state index in [1.807, 2.05) is 0 Å². The Labute approximate surface area is 538 Å². The summed E-state index contributed by atoms with van der Waals surface area (Å²) in [4.78, 5) is 4.86. The molecule has 0 fully saturated rings. The van der Waals surface area contributed by atoms with Crippen LogP contribution in [0.3, 0.4) is 0 Å². The van der Waals surface area contributed by atoms with Gasteiger partial charge in [-0.25, -0.2) is 0 Å². The normalized spacial score (nSPS) is 13.9. The first-order valence-corrected chi connectivity index (χ1v) is 32.6. The van der Waals surface area contributed by atoms with Crippen molar-refractivity contribution in [2.75, 3.05) is 9.80 Å². The molecule has 446 valence electrons. The summed E-state index contributed by atoms with van der Waals surface area (Å²) < 4.78 is 14.6. The van der Waals surface area contributed by atoms with Gasteiger partial charge in [0.1, 0.15) is 16.7 Å². The fourth-order valence-electron chi connectivity index (χ4n) is 16.0. The maximum Gasteiger partial charge on any atom is 0.160 e. The van der Waals surface area contributed by atoms with E-state index in [0.717, 1.165) is 78.0 Å². The van der Waals surface area contributed by atoms with Crippen molar-refractivity contribution in [1.82, 2.24) is 0 Å². The van der Waals surface area contributed by atoms with Crippen LogP contribution in [0.4, 0.5) is 34.1 Å². The molecule has 2 heterocycles. The highest BCUT2D eigenvalue weighted by Crippen LogP contribution is 2.62. The van der Waals surface area contributed by atoms with Crippen molar-refractivity contribution in [1.29, 1.82) is 0 Å². The molecule has 13 aromatic carbocycles. The van der Waals surface area contributed by atoms with Crippen LogP contribution in [0.1, 0.15) is 103 Å². The molecule has 0 aliphatic heterocycles. The lowest BCUT2D eigenvalue weighted by atomic mass is 9.79. The van der Waals surface area contributed by atoms with E-state index in [9.17, 15) is 0 Å². The predicted molar refractivity (Wildman–Crippen MR) is 389 cm³/mol. The molecule has 0 spiro atoms. The number of fused-ring (bicyclic) bond motifs is 16. The average molecular weight is 1190 g/mol. The van der Waals surface area contributed by atoms with Gasteiger partial charge in [0, 0.05) is 55.3 Å². The van der Waals surface area contributed by atoms with Crippen LogP contribution in [-0.2, 0) is 21.7 Å². The third-order valence-corrected chi connectivity index (χ3v) is 20.5. The van der Waals surface area contributed by atoms with E-state index in [2.05, 4.69) is 334 Å². The zero-order valence-electron chi connectivity index (χ0n) is 54.0. The number of nitrogens with zero attached hydrogens (tertiary/aromatic N) is 2. The molecule has 0 atom stereocenters. The van der Waals surface area contributed by atoms with E-state index < -0.39 is 10.8 Å². The Morgan fingerprint density at radius 2 is 0.663 bits per heavy atom. The lowest BCUT2D eigenvalue weighted by Gasteiger charge is -2.29. The molecule has 4 nitrogen and oxygen atoms in total. The van der Waals surface area contributed by atoms with Gasteiger partial charge in [0.05, 0.1) is 16.8 Å². The Hall–Kier alpha value is -10.4. The largest absolute Gasteiger partial charge is 0.455 e. The molecule has 0 unspecified atom stereocenters. The molecule has 4 heteroatoms. The SMILES string of the molecule is CC(C)(C)c1ccc(-c2ccc(N(c3ccccc3)c3cc4c(c5c3oc3ccccc35)-c3cc5c(cc3C4(C)C)-c3c(cc(N(c4ccccc4)c4ccc(-c6ccc(C(C)(C)C)c7ccccc67)cc4)c4c3oc3ccccc34)C5(C)C)cc2)c2ccccc12. The Kier molecular flexibility index (Phi) is 12.1. The van der Waals surface area contributed by atoms with Gasteiger partial charge in [0.2, 0.25) is 0 Å². The van der Waals surface area contributed by atoms with Crippen LogP contribution in [-0.4, -0.2) is 0 Å². The molecule has 0 saturated heterocycles. The first kappa shape index (κ1) is 55.6. The van der Waals surface area contributed by atoms with Gasteiger partial charge in [-0.2, -0.15) is 0 Å². The van der Waals surface area contributed by atoms with Gasteiger partial charge in [-0.3, -0.25) is 0 Å². The maximum absolute atomic E-state index is 7.34. The second kappa shape index (κ2) is 20.0. The highest BCUT2D eigenvalue weighted by molar-refractivity contribution is 6.22. The van der Waals surface area contributed by atoms with E-state index >= 15 is 0 Å². The fourth-order valence-corrected chi connectivity index (χ4v) is 16.0. The van der Waals surface area contributed by atoms with Crippen LogP contribution in [0.2, 0.25) is 0 Å². The van der Waals surface area contributed by atoms with Crippen molar-refractivity contribution < 1.29 is 8.83 Å². The van der Waals surface area contributed by atoms with E-state index in [1.165, 1.54) is 99.4 Å². The zero-order chi connectivity index (χ0) is 62.7. The Balaban J connectivity index is 0.832. The highest BCUT2D eigenvalue weighted by atomic mass is 16.3. The maximum atomic E-state index is 7.34. The van der Waals surface area contributed by atoms with Gasteiger partial charge in [-0.15, -0.1) is 0 Å². The average Bonchev–Trinajstić information content (AvgIpc) is 1.53. The number of benzene rings is 13. The second-order valence-electron chi connectivity index (χ2n) is 28.8. The molecule has 2 aromatic heterocycles. The molecule has 2 aliphatic rings. The standard InChI is InChI=1S/C88H72N2O2/c1-85(2,3)69-47-45-59(61-29-17-19-31-63(61)69)53-37-41-57(42-38-53)89(55-25-13-11-14-26-55)75-51-74-80(84-81(75)65-33-21-23-35-77(65)92-84)68-50-71-67(49-72(68)88(74,9)10)79-73(87(71,7)8)52-76(83-82(79)66-34-22-24-36-78(66)91-83)90(56-27-15-12-16-28-56)58-43-39-54(40-44-58)60-46-48-70(86(4,5)6)64-32-20-18-30-62(60)64/h11-52H,1-10H3. The summed E-state index contributed by atoms with van der Waals surface area (Å²) >= 11 is 0. The monoisotopic (exact) mass is 1190 g/mol. The number of furan rings is 2. The summed E-state index contributed by atoms with van der Waals surface area (Å²) in [6.07, 6.45) is 0. The van der Waals surface area contributed by atoms with Crippen molar-refractivity contribution in [2.45, 2.75) is 90.9 Å². The van der Waals surface area contributed by atoms with Gasteiger partial charge in [0.25, 0.3) is 0 Å². The molecule has 15 aromatic rings. The van der Waals surface area contributed by atoms with Gasteiger partial charge >= 0.3 is 0 Å². The molecule has 0 amide bonds. The third kappa shape index (κ3) is 8.28. The van der Waals surface area contributed by atoms with Crippen LogP contribution in [0.15, 0.2) is 264 Å². The first-order chi connectivity index (χ1) is 44.4. The van der Waals surface area contributed by atoms with E-state index in [1.54, 1.807) is 0 Å². The topological polar surface area (TPSA) is 32.8 Å². The highest BCUT2D eigenvalue weighted by Gasteiger charge is 2.46. The van der Waals surface area contributed by atoms with Crippen molar-refractivity contribution in [3.63, 3.8) is 0 Å². The molecule has 2 aliphatic carbocycles. The number of para-hydroxylation sites is 4. The van der Waals surface area contributed by atoms with Crippen molar-refractivity contribution in [3.05, 3.63) is 288 Å². The summed E-state index contributed by atoms with van der Waals surface area (Å²) in [5.74, 6) is 0. The lowest BCUT2D eigenvalue weighted by molar-refractivity contribution is 0.595.